The van der Waals surface area contributed by atoms with Crippen molar-refractivity contribution in [2.75, 3.05) is 33.0 Å². The van der Waals surface area contributed by atoms with E-state index in [4.69, 9.17) is 14.2 Å². The number of aryl methyl sites for hydroxylation is 1. The van der Waals surface area contributed by atoms with E-state index in [1.807, 2.05) is 56.3 Å². The third-order valence-electron chi connectivity index (χ3n) is 11.0. The Bertz CT molecular complexity index is 2370. The highest BCUT2D eigenvalue weighted by molar-refractivity contribution is 6.41. The summed E-state index contributed by atoms with van der Waals surface area (Å²) in [7, 11) is 0. The van der Waals surface area contributed by atoms with Crippen molar-refractivity contribution in [2.45, 2.75) is 71.9 Å². The van der Waals surface area contributed by atoms with E-state index in [1.165, 1.54) is 15.4 Å². The molecule has 4 amide bonds. The lowest BCUT2D eigenvalue weighted by molar-refractivity contribution is 0.00253. The van der Waals surface area contributed by atoms with E-state index in [1.54, 1.807) is 24.3 Å². The van der Waals surface area contributed by atoms with Crippen LogP contribution in [0, 0.1) is 0 Å². The minimum absolute atomic E-state index is 0.161. The molecule has 0 bridgehead atoms. The van der Waals surface area contributed by atoms with Crippen LogP contribution < -0.4 is 4.74 Å². The molecule has 0 saturated heterocycles. The number of imide groups is 2. The summed E-state index contributed by atoms with van der Waals surface area (Å²) in [6.45, 7) is 9.94. The van der Waals surface area contributed by atoms with Crippen molar-refractivity contribution in [3.8, 4) is 5.75 Å². The number of carbonyl (C=O) groups excluding carboxylic acids is 4. The Hall–Kier alpha value is -5.38. The lowest BCUT2D eigenvalue weighted by atomic mass is 9.82. The zero-order valence-corrected chi connectivity index (χ0v) is 31.9. The quantitative estimate of drug-likeness (QED) is 0.0423. The predicted molar refractivity (Wildman–Crippen MR) is 215 cm³/mol. The van der Waals surface area contributed by atoms with Crippen LogP contribution >= 0.6 is 0 Å². The van der Waals surface area contributed by atoms with Gasteiger partial charge in [0.1, 0.15) is 12.4 Å². The summed E-state index contributed by atoms with van der Waals surface area (Å²) in [6, 6.07) is 22.5. The van der Waals surface area contributed by atoms with Gasteiger partial charge in [0.15, 0.2) is 0 Å². The van der Waals surface area contributed by atoms with E-state index in [9.17, 15) is 19.2 Å². The van der Waals surface area contributed by atoms with Gasteiger partial charge in [-0.3, -0.25) is 29.0 Å². The van der Waals surface area contributed by atoms with Gasteiger partial charge in [0.25, 0.3) is 23.6 Å². The van der Waals surface area contributed by atoms with Crippen LogP contribution in [0.3, 0.4) is 0 Å². The van der Waals surface area contributed by atoms with Gasteiger partial charge in [-0.05, 0) is 107 Å². The molecule has 2 aliphatic rings. The fraction of sp³-hybridized carbons (Fsp3) is 0.348. The Kier molecular flexibility index (Phi) is 10.0. The van der Waals surface area contributed by atoms with Gasteiger partial charge in [-0.15, -0.1) is 0 Å². The van der Waals surface area contributed by atoms with Crippen LogP contribution in [0.25, 0.3) is 43.1 Å². The van der Waals surface area contributed by atoms with Gasteiger partial charge >= 0.3 is 0 Å². The highest BCUT2D eigenvalue weighted by Crippen LogP contribution is 2.46. The molecule has 0 N–H and O–H groups in total. The maximum Gasteiger partial charge on any atom is 0.261 e. The van der Waals surface area contributed by atoms with Crippen molar-refractivity contribution < 1.29 is 33.4 Å². The van der Waals surface area contributed by atoms with Gasteiger partial charge in [0, 0.05) is 52.8 Å². The van der Waals surface area contributed by atoms with Crippen LogP contribution in [0.1, 0.15) is 100 Å². The Labute approximate surface area is 320 Å². The van der Waals surface area contributed by atoms with Crippen molar-refractivity contribution in [1.82, 2.24) is 9.80 Å². The standard InChI is InChI=1S/C46H46N2O7/c1-5-7-22-53-23-9-21-47-43(49)35-17-13-31-33-15-19-37-42-38(20-16-34(40(33)42)32-14-18-36(44(47)50)41(35)39(31)32)46(52)48(45(37)51)27(3)25-54-28(4)26-55-30-12-8-11-29(24-30)10-6-2/h8,11-20,24,27-28H,5-7,9-10,21-23,25-26H2,1-4H3. The van der Waals surface area contributed by atoms with Crippen LogP contribution in [0.4, 0.5) is 0 Å². The molecule has 2 heterocycles. The highest BCUT2D eigenvalue weighted by atomic mass is 16.5. The molecule has 55 heavy (non-hydrogen) atoms. The summed E-state index contributed by atoms with van der Waals surface area (Å²) in [6.07, 6.45) is 4.38. The number of fused-ring (bicyclic) bond motifs is 2. The summed E-state index contributed by atoms with van der Waals surface area (Å²) >= 11 is 0. The van der Waals surface area contributed by atoms with Crippen LogP contribution in [0.2, 0.25) is 0 Å². The topological polar surface area (TPSA) is 102 Å². The second kappa shape index (κ2) is 15.0. The first kappa shape index (κ1) is 36.6. The number of nitrogens with zero attached hydrogens (tertiary/aromatic N) is 2. The molecular formula is C46H46N2O7. The Morgan fingerprint density at radius 2 is 1.15 bits per heavy atom. The molecule has 6 aromatic rings. The first-order valence-electron chi connectivity index (χ1n) is 19.6. The number of hydrogen-bond acceptors (Lipinski definition) is 7. The smallest absolute Gasteiger partial charge is 0.261 e. The van der Waals surface area contributed by atoms with Gasteiger partial charge in [-0.25, -0.2) is 0 Å². The molecular weight excluding hydrogens is 693 g/mol. The first-order chi connectivity index (χ1) is 26.7. The predicted octanol–water partition coefficient (Wildman–Crippen LogP) is 8.96. The molecule has 9 nitrogen and oxygen atoms in total. The van der Waals surface area contributed by atoms with Crippen molar-refractivity contribution in [1.29, 1.82) is 0 Å². The van der Waals surface area contributed by atoms with E-state index in [0.29, 0.717) is 59.3 Å². The molecule has 0 fully saturated rings. The maximum atomic E-state index is 14.2. The molecule has 9 heteroatoms. The van der Waals surface area contributed by atoms with Gasteiger partial charge < -0.3 is 14.2 Å². The summed E-state index contributed by atoms with van der Waals surface area (Å²) in [5.41, 5.74) is 3.13. The average molecular weight is 739 g/mol. The number of rotatable bonds is 16. The first-order valence-corrected chi connectivity index (χ1v) is 19.6. The minimum Gasteiger partial charge on any atom is -0.491 e. The highest BCUT2D eigenvalue weighted by Gasteiger charge is 2.38. The van der Waals surface area contributed by atoms with Crippen LogP contribution in [0.5, 0.6) is 5.75 Å². The zero-order valence-electron chi connectivity index (χ0n) is 31.9. The van der Waals surface area contributed by atoms with Gasteiger partial charge in [-0.1, -0.05) is 63.1 Å². The normalized spacial score (nSPS) is 15.3. The molecule has 6 aromatic carbocycles. The summed E-state index contributed by atoms with van der Waals surface area (Å²) in [5.74, 6) is -0.550. The fourth-order valence-electron chi connectivity index (χ4n) is 8.33. The van der Waals surface area contributed by atoms with E-state index in [0.717, 1.165) is 63.8 Å². The molecule has 2 unspecified atom stereocenters. The monoisotopic (exact) mass is 738 g/mol. The molecule has 8 rings (SSSR count). The fourth-order valence-corrected chi connectivity index (χ4v) is 8.33. The molecule has 0 aromatic heterocycles. The number of hydrogen-bond donors (Lipinski definition) is 0. The second-order valence-corrected chi connectivity index (χ2v) is 14.9. The van der Waals surface area contributed by atoms with E-state index < -0.39 is 6.04 Å². The van der Waals surface area contributed by atoms with Crippen LogP contribution in [-0.4, -0.2) is 78.5 Å². The van der Waals surface area contributed by atoms with Crippen molar-refractivity contribution in [2.24, 2.45) is 0 Å². The Morgan fingerprint density at radius 1 is 0.600 bits per heavy atom. The summed E-state index contributed by atoms with van der Waals surface area (Å²) < 4.78 is 17.8. The molecule has 0 saturated carbocycles. The maximum absolute atomic E-state index is 14.2. The molecule has 2 aliphatic heterocycles. The van der Waals surface area contributed by atoms with Gasteiger partial charge in [-0.2, -0.15) is 0 Å². The van der Waals surface area contributed by atoms with E-state index in [2.05, 4.69) is 19.9 Å². The Morgan fingerprint density at radius 3 is 1.69 bits per heavy atom. The SMILES string of the molecule is CCCCOCCCN1C(=O)c2ccc3c4ccc5c6c(ccc(c7ccc(c2c37)C1=O)c64)C(=O)N(C(C)COC(C)COc1cccc(CCC)c1)C5=O. The van der Waals surface area contributed by atoms with E-state index in [-0.39, 0.29) is 42.9 Å². The minimum atomic E-state index is -0.522. The summed E-state index contributed by atoms with van der Waals surface area (Å²) in [4.78, 5) is 58.6. The summed E-state index contributed by atoms with van der Waals surface area (Å²) in [5, 5.41) is 6.38. The van der Waals surface area contributed by atoms with E-state index >= 15 is 0 Å². The second-order valence-electron chi connectivity index (χ2n) is 14.9. The largest absolute Gasteiger partial charge is 0.491 e. The molecule has 282 valence electrons. The van der Waals surface area contributed by atoms with Crippen molar-refractivity contribution >= 4 is 66.7 Å². The van der Waals surface area contributed by atoms with Gasteiger partial charge in [0.2, 0.25) is 0 Å². The number of ether oxygens (including phenoxy) is 3. The number of unbranched alkanes of at least 4 members (excludes halogenated alkanes) is 1. The van der Waals surface area contributed by atoms with Crippen LogP contribution in [0.15, 0.2) is 72.8 Å². The average Bonchev–Trinajstić information content (AvgIpc) is 3.19. The third-order valence-corrected chi connectivity index (χ3v) is 11.0. The third kappa shape index (κ3) is 6.29. The molecule has 0 aliphatic carbocycles. The lowest BCUT2D eigenvalue weighted by Crippen LogP contribution is -2.48. The number of amides is 4. The lowest BCUT2D eigenvalue weighted by Gasteiger charge is -2.33. The Balaban J connectivity index is 1.07. The molecule has 2 atom stereocenters. The van der Waals surface area contributed by atoms with Crippen LogP contribution in [-0.2, 0) is 15.9 Å². The molecule has 0 radical (unpaired) electrons. The zero-order chi connectivity index (χ0) is 38.4. The van der Waals surface area contributed by atoms with Gasteiger partial charge in [0.05, 0.1) is 18.8 Å². The van der Waals surface area contributed by atoms with Crippen molar-refractivity contribution in [3.63, 3.8) is 0 Å². The number of benzene rings is 6. The molecule has 0 spiro atoms. The number of carbonyl (C=O) groups is 4. The van der Waals surface area contributed by atoms with Crippen molar-refractivity contribution in [3.05, 3.63) is 101 Å².